The van der Waals surface area contributed by atoms with Crippen molar-refractivity contribution in [3.63, 3.8) is 0 Å². The first-order chi connectivity index (χ1) is 13.8. The van der Waals surface area contributed by atoms with E-state index in [9.17, 15) is 8.42 Å². The first kappa shape index (κ1) is 19.0. The Morgan fingerprint density at radius 2 is 1.83 bits per heavy atom. The van der Waals surface area contributed by atoms with Crippen LogP contribution in [-0.4, -0.2) is 19.5 Å². The normalized spacial score (nSPS) is 23.2. The predicted molar refractivity (Wildman–Crippen MR) is 111 cm³/mol. The molecule has 2 saturated carbocycles. The molecule has 0 bridgehead atoms. The van der Waals surface area contributed by atoms with Gasteiger partial charge in [-0.05, 0) is 55.4 Å². The molecule has 3 aromatic rings. The Hall–Kier alpha value is -1.96. The number of fused-ring (bicyclic) bond motifs is 2. The Balaban J connectivity index is 1.46. The van der Waals surface area contributed by atoms with Crippen molar-refractivity contribution in [2.75, 3.05) is 4.72 Å². The smallest absolute Gasteiger partial charge is 0.265 e. The summed E-state index contributed by atoms with van der Waals surface area (Å²) in [6, 6.07) is 7.18. The Morgan fingerprint density at radius 1 is 1.07 bits per heavy atom. The van der Waals surface area contributed by atoms with Crippen molar-refractivity contribution in [1.82, 2.24) is 4.98 Å². The van der Waals surface area contributed by atoms with Gasteiger partial charge < -0.3 is 9.72 Å². The summed E-state index contributed by atoms with van der Waals surface area (Å²) in [5.41, 5.74) is 0.641. The molecular weight excluding hydrogens is 438 g/mol. The number of ether oxygens (including phenoxy) is 1. The SMILES string of the molecule is O=S(=O)(Nc1ccc(Cl)c2c(Cl)c[nH]c12)c1cccc(OC2C[C@@H]3C[C@@H]3C2)c1F. The number of sulfonamides is 1. The zero-order chi connectivity index (χ0) is 20.3. The molecule has 1 unspecified atom stereocenters. The van der Waals surface area contributed by atoms with E-state index < -0.39 is 20.7 Å². The maximum Gasteiger partial charge on any atom is 0.265 e. The van der Waals surface area contributed by atoms with E-state index in [0.717, 1.165) is 12.8 Å². The van der Waals surface area contributed by atoms with E-state index in [-0.39, 0.29) is 17.5 Å². The van der Waals surface area contributed by atoms with Crippen LogP contribution in [0.4, 0.5) is 10.1 Å². The van der Waals surface area contributed by atoms with Crippen molar-refractivity contribution in [2.45, 2.75) is 30.3 Å². The summed E-state index contributed by atoms with van der Waals surface area (Å²) in [5.74, 6) is 0.423. The summed E-state index contributed by atoms with van der Waals surface area (Å²) in [5, 5.41) is 1.23. The Bertz CT molecular complexity index is 1220. The number of hydrogen-bond donors (Lipinski definition) is 2. The van der Waals surface area contributed by atoms with Crippen molar-refractivity contribution in [1.29, 1.82) is 0 Å². The van der Waals surface area contributed by atoms with E-state index in [4.69, 9.17) is 27.9 Å². The number of nitrogens with one attached hydrogen (secondary N) is 2. The molecule has 1 heterocycles. The lowest BCUT2D eigenvalue weighted by Gasteiger charge is -2.17. The summed E-state index contributed by atoms with van der Waals surface area (Å²) in [7, 11) is -4.21. The minimum absolute atomic E-state index is 0.0386. The van der Waals surface area contributed by atoms with Crippen LogP contribution in [0.2, 0.25) is 10.0 Å². The second kappa shape index (κ2) is 6.79. The summed E-state index contributed by atoms with van der Waals surface area (Å²) < 4.78 is 49.1. The van der Waals surface area contributed by atoms with Crippen LogP contribution in [0.1, 0.15) is 19.3 Å². The van der Waals surface area contributed by atoms with Crippen molar-refractivity contribution in [3.8, 4) is 5.75 Å². The number of anilines is 1. The van der Waals surface area contributed by atoms with Gasteiger partial charge in [-0.2, -0.15) is 0 Å². The molecular formula is C20H17Cl2FN2O3S. The van der Waals surface area contributed by atoms with E-state index in [1.54, 1.807) is 0 Å². The minimum Gasteiger partial charge on any atom is -0.487 e. The van der Waals surface area contributed by atoms with Crippen LogP contribution in [0.3, 0.4) is 0 Å². The lowest BCUT2D eigenvalue weighted by molar-refractivity contribution is 0.185. The molecule has 2 aliphatic carbocycles. The lowest BCUT2D eigenvalue weighted by atomic mass is 10.2. The molecule has 2 aliphatic rings. The second-order valence-corrected chi connectivity index (χ2v) is 10.1. The predicted octanol–water partition coefficient (Wildman–Crippen LogP) is 5.59. The maximum absolute atomic E-state index is 15.0. The average molecular weight is 455 g/mol. The largest absolute Gasteiger partial charge is 0.487 e. The minimum atomic E-state index is -4.21. The molecule has 152 valence electrons. The molecule has 0 saturated heterocycles. The van der Waals surface area contributed by atoms with Crippen molar-refractivity contribution < 1.29 is 17.5 Å². The highest BCUT2D eigenvalue weighted by molar-refractivity contribution is 7.92. The van der Waals surface area contributed by atoms with Gasteiger partial charge in [0.15, 0.2) is 11.6 Å². The third-order valence-corrected chi connectivity index (χ3v) is 7.69. The highest BCUT2D eigenvalue weighted by Gasteiger charge is 2.47. The topological polar surface area (TPSA) is 71.2 Å². The van der Waals surface area contributed by atoms with Crippen LogP contribution < -0.4 is 9.46 Å². The van der Waals surface area contributed by atoms with E-state index in [2.05, 4.69) is 9.71 Å². The van der Waals surface area contributed by atoms with Crippen molar-refractivity contribution in [3.05, 3.63) is 52.4 Å². The number of benzene rings is 2. The Morgan fingerprint density at radius 3 is 2.59 bits per heavy atom. The van der Waals surface area contributed by atoms with E-state index in [1.165, 1.54) is 42.9 Å². The Kier molecular flexibility index (Phi) is 4.46. The number of aromatic amines is 1. The zero-order valence-corrected chi connectivity index (χ0v) is 17.4. The third kappa shape index (κ3) is 3.35. The van der Waals surface area contributed by atoms with Crippen LogP contribution in [0, 0.1) is 17.7 Å². The fourth-order valence-electron chi connectivity index (χ4n) is 4.18. The molecule has 5 nitrogen and oxygen atoms in total. The molecule has 2 N–H and O–H groups in total. The van der Waals surface area contributed by atoms with Gasteiger partial charge in [-0.1, -0.05) is 29.3 Å². The van der Waals surface area contributed by atoms with Crippen LogP contribution in [0.5, 0.6) is 5.75 Å². The molecule has 9 heteroatoms. The third-order valence-electron chi connectivity index (χ3n) is 5.69. The fraction of sp³-hybridized carbons (Fsp3) is 0.300. The quantitative estimate of drug-likeness (QED) is 0.527. The van der Waals surface area contributed by atoms with Gasteiger partial charge in [0.2, 0.25) is 0 Å². The van der Waals surface area contributed by atoms with Gasteiger partial charge in [-0.3, -0.25) is 4.72 Å². The van der Waals surface area contributed by atoms with E-state index in [1.807, 2.05) is 0 Å². The van der Waals surface area contributed by atoms with Gasteiger partial charge in [-0.25, -0.2) is 12.8 Å². The van der Waals surface area contributed by atoms with Gasteiger partial charge in [0.05, 0.1) is 27.4 Å². The first-order valence-electron chi connectivity index (χ1n) is 9.26. The van der Waals surface area contributed by atoms with E-state index >= 15 is 4.39 Å². The molecule has 0 amide bonds. The fourth-order valence-corrected chi connectivity index (χ4v) is 5.90. The van der Waals surface area contributed by atoms with Crippen LogP contribution in [-0.2, 0) is 10.0 Å². The van der Waals surface area contributed by atoms with Crippen molar-refractivity contribution >= 4 is 49.8 Å². The maximum atomic E-state index is 15.0. The number of aromatic nitrogens is 1. The van der Waals surface area contributed by atoms with Gasteiger partial charge in [-0.15, -0.1) is 0 Å². The highest BCUT2D eigenvalue weighted by atomic mass is 35.5. The monoisotopic (exact) mass is 454 g/mol. The average Bonchev–Trinajstić information content (AvgIpc) is 3.08. The summed E-state index contributed by atoms with van der Waals surface area (Å²) >= 11 is 12.3. The summed E-state index contributed by atoms with van der Waals surface area (Å²) in [6.07, 6.45) is 4.47. The molecule has 0 aliphatic heterocycles. The van der Waals surface area contributed by atoms with Crippen LogP contribution >= 0.6 is 23.2 Å². The first-order valence-corrected chi connectivity index (χ1v) is 11.5. The van der Waals surface area contributed by atoms with Crippen LogP contribution in [0.15, 0.2) is 41.4 Å². The molecule has 0 spiro atoms. The zero-order valence-electron chi connectivity index (χ0n) is 15.1. The highest BCUT2D eigenvalue weighted by Crippen LogP contribution is 2.52. The van der Waals surface area contributed by atoms with Gasteiger partial charge in [0.1, 0.15) is 4.90 Å². The molecule has 2 aromatic carbocycles. The molecule has 2 fully saturated rings. The number of hydrogen-bond acceptors (Lipinski definition) is 3. The number of halogens is 3. The summed E-state index contributed by atoms with van der Waals surface area (Å²) in [4.78, 5) is 2.42. The van der Waals surface area contributed by atoms with E-state index in [0.29, 0.717) is 32.8 Å². The molecule has 1 aromatic heterocycles. The molecule has 3 atom stereocenters. The van der Waals surface area contributed by atoms with Gasteiger partial charge in [0.25, 0.3) is 10.0 Å². The molecule has 0 radical (unpaired) electrons. The molecule has 29 heavy (non-hydrogen) atoms. The number of rotatable bonds is 5. The lowest BCUT2D eigenvalue weighted by Crippen LogP contribution is -2.18. The second-order valence-electron chi connectivity index (χ2n) is 7.62. The Labute approximate surface area is 177 Å². The number of H-pyrrole nitrogens is 1. The van der Waals surface area contributed by atoms with Gasteiger partial charge >= 0.3 is 0 Å². The summed E-state index contributed by atoms with van der Waals surface area (Å²) in [6.45, 7) is 0. The van der Waals surface area contributed by atoms with Crippen molar-refractivity contribution in [2.24, 2.45) is 11.8 Å². The van der Waals surface area contributed by atoms with Crippen LogP contribution in [0.25, 0.3) is 10.9 Å². The standard InChI is InChI=1S/C20H17Cl2FN2O3S/c21-13-4-5-15(20-18(13)14(22)9-24-20)25-29(26,27)17-3-1-2-16(19(17)23)28-12-7-10-6-11(10)8-12/h1-5,9-12,24-25H,6-8H2/t10-,11+,12?. The molecule has 5 rings (SSSR count). The van der Waals surface area contributed by atoms with Gasteiger partial charge in [0, 0.05) is 11.6 Å².